The third-order valence-electron chi connectivity index (χ3n) is 6.48. The minimum Gasteiger partial charge on any atom is -0.481 e. The molecule has 37 heavy (non-hydrogen) atoms. The zero-order valence-electron chi connectivity index (χ0n) is 21.9. The van der Waals surface area contributed by atoms with Crippen LogP contribution in [0.25, 0.3) is 0 Å². The lowest BCUT2D eigenvalue weighted by atomic mass is 9.94. The molecule has 11 nitrogen and oxygen atoms in total. The van der Waals surface area contributed by atoms with Crippen molar-refractivity contribution in [3.8, 4) is 0 Å². The van der Waals surface area contributed by atoms with Gasteiger partial charge in [0.05, 0.1) is 6.04 Å². The summed E-state index contributed by atoms with van der Waals surface area (Å²) in [7, 11) is 0. The van der Waals surface area contributed by atoms with Crippen LogP contribution in [-0.2, 0) is 30.4 Å². The Hall–Kier alpha value is -3.47. The highest BCUT2D eigenvalue weighted by Gasteiger charge is 2.34. The molecule has 0 aliphatic carbocycles. The van der Waals surface area contributed by atoms with E-state index in [-0.39, 0.29) is 24.7 Å². The van der Waals surface area contributed by atoms with Crippen molar-refractivity contribution in [2.45, 2.75) is 84.0 Å². The first-order chi connectivity index (χ1) is 17.4. The maximum atomic E-state index is 13.3. The average Bonchev–Trinajstić information content (AvgIpc) is 2.86. The van der Waals surface area contributed by atoms with Crippen LogP contribution in [0.4, 0.5) is 0 Å². The molecule has 0 heterocycles. The molecule has 11 heteroatoms. The number of carboxylic acids is 2. The maximum absolute atomic E-state index is 13.3. The molecule has 0 aliphatic rings. The summed E-state index contributed by atoms with van der Waals surface area (Å²) in [4.78, 5) is 61.5. The van der Waals surface area contributed by atoms with Gasteiger partial charge in [0.2, 0.25) is 17.7 Å². The number of hydrogen-bond acceptors (Lipinski definition) is 6. The van der Waals surface area contributed by atoms with E-state index in [1.165, 1.54) is 0 Å². The Kier molecular flexibility index (Phi) is 13.3. The second kappa shape index (κ2) is 15.6. The first-order valence-corrected chi connectivity index (χ1v) is 12.6. The zero-order chi connectivity index (χ0) is 28.1. The van der Waals surface area contributed by atoms with Crippen molar-refractivity contribution in [1.82, 2.24) is 16.0 Å². The Morgan fingerprint density at radius 1 is 0.811 bits per heavy atom. The molecule has 0 aromatic heterocycles. The predicted molar refractivity (Wildman–Crippen MR) is 137 cm³/mol. The normalized spacial score (nSPS) is 15.8. The monoisotopic (exact) mass is 520 g/mol. The minimum atomic E-state index is -1.42. The van der Waals surface area contributed by atoms with Crippen LogP contribution in [-0.4, -0.2) is 64.0 Å². The van der Waals surface area contributed by atoms with Gasteiger partial charge in [0.15, 0.2) is 0 Å². The molecule has 0 radical (unpaired) electrons. The standard InChI is InChI=1S/C26H40N4O7/c1-5-15(3)21(24(34)28-19(26(36)37)12-13-20(31)32)30-25(35)22(16(4)6-2)29-23(33)18(27)14-17-10-8-7-9-11-17/h7-11,15-16,18-19,21-22H,5-6,12-14,27H2,1-4H3,(H,28,34)(H,29,33)(H,30,35)(H,31,32)(H,36,37). The molecule has 6 atom stereocenters. The highest BCUT2D eigenvalue weighted by molar-refractivity contribution is 5.94. The van der Waals surface area contributed by atoms with E-state index in [0.29, 0.717) is 12.8 Å². The summed E-state index contributed by atoms with van der Waals surface area (Å²) in [6, 6.07) is 4.86. The fourth-order valence-corrected chi connectivity index (χ4v) is 3.65. The third-order valence-corrected chi connectivity index (χ3v) is 6.48. The van der Waals surface area contributed by atoms with Crippen LogP contribution in [0.5, 0.6) is 0 Å². The van der Waals surface area contributed by atoms with Gasteiger partial charge in [-0.2, -0.15) is 0 Å². The van der Waals surface area contributed by atoms with Crippen molar-refractivity contribution in [2.24, 2.45) is 17.6 Å². The highest BCUT2D eigenvalue weighted by atomic mass is 16.4. The van der Waals surface area contributed by atoms with Gasteiger partial charge in [0, 0.05) is 6.42 Å². The van der Waals surface area contributed by atoms with E-state index >= 15 is 0 Å². The van der Waals surface area contributed by atoms with Gasteiger partial charge in [-0.05, 0) is 30.2 Å². The molecule has 0 saturated heterocycles. The Morgan fingerprint density at radius 2 is 1.30 bits per heavy atom. The van der Waals surface area contributed by atoms with Crippen LogP contribution in [0.3, 0.4) is 0 Å². The Bertz CT molecular complexity index is 925. The van der Waals surface area contributed by atoms with Gasteiger partial charge in [-0.1, -0.05) is 70.9 Å². The summed E-state index contributed by atoms with van der Waals surface area (Å²) in [5.41, 5.74) is 6.96. The fourth-order valence-electron chi connectivity index (χ4n) is 3.65. The van der Waals surface area contributed by atoms with Crippen LogP contribution >= 0.6 is 0 Å². The lowest BCUT2D eigenvalue weighted by molar-refractivity contribution is -0.143. The first kappa shape index (κ1) is 31.6. The van der Waals surface area contributed by atoms with Crippen LogP contribution in [0.15, 0.2) is 30.3 Å². The van der Waals surface area contributed by atoms with E-state index in [9.17, 15) is 29.1 Å². The topological polar surface area (TPSA) is 188 Å². The fraction of sp³-hybridized carbons (Fsp3) is 0.577. The van der Waals surface area contributed by atoms with Crippen molar-refractivity contribution in [1.29, 1.82) is 0 Å². The van der Waals surface area contributed by atoms with Crippen molar-refractivity contribution in [3.63, 3.8) is 0 Å². The van der Waals surface area contributed by atoms with Gasteiger partial charge in [0.25, 0.3) is 0 Å². The Balaban J connectivity index is 3.00. The van der Waals surface area contributed by atoms with Gasteiger partial charge >= 0.3 is 11.9 Å². The molecule has 0 spiro atoms. The van der Waals surface area contributed by atoms with E-state index in [4.69, 9.17) is 10.8 Å². The predicted octanol–water partition coefficient (Wildman–Crippen LogP) is 1.05. The molecule has 1 rings (SSSR count). The molecule has 7 N–H and O–H groups in total. The molecule has 6 unspecified atom stereocenters. The van der Waals surface area contributed by atoms with Crippen molar-refractivity contribution in [2.75, 3.05) is 0 Å². The number of hydrogen-bond donors (Lipinski definition) is 6. The van der Waals surface area contributed by atoms with Crippen LogP contribution in [0.1, 0.15) is 58.9 Å². The number of rotatable bonds is 16. The van der Waals surface area contributed by atoms with Crippen molar-refractivity contribution in [3.05, 3.63) is 35.9 Å². The third kappa shape index (κ3) is 10.6. The van der Waals surface area contributed by atoms with E-state index in [1.807, 2.05) is 44.2 Å². The first-order valence-electron chi connectivity index (χ1n) is 12.6. The number of benzene rings is 1. The molecule has 0 fully saturated rings. The SMILES string of the molecule is CCC(C)C(NC(=O)C(N)Cc1ccccc1)C(=O)NC(C(=O)NC(CCC(=O)O)C(=O)O)C(C)CC. The molecule has 1 aromatic carbocycles. The van der Waals surface area contributed by atoms with Crippen LogP contribution < -0.4 is 21.7 Å². The number of aliphatic carboxylic acids is 2. The summed E-state index contributed by atoms with van der Waals surface area (Å²) in [6.45, 7) is 7.19. The van der Waals surface area contributed by atoms with E-state index in [1.54, 1.807) is 13.8 Å². The van der Waals surface area contributed by atoms with E-state index in [2.05, 4.69) is 16.0 Å². The molecule has 0 aliphatic heterocycles. The maximum Gasteiger partial charge on any atom is 0.326 e. The molecule has 3 amide bonds. The largest absolute Gasteiger partial charge is 0.481 e. The number of carbonyl (C=O) groups is 5. The lowest BCUT2D eigenvalue weighted by Gasteiger charge is -2.30. The van der Waals surface area contributed by atoms with Gasteiger partial charge in [-0.3, -0.25) is 19.2 Å². The van der Waals surface area contributed by atoms with E-state index < -0.39 is 60.2 Å². The summed E-state index contributed by atoms with van der Waals surface area (Å²) < 4.78 is 0. The molecular formula is C26H40N4O7. The summed E-state index contributed by atoms with van der Waals surface area (Å²) in [6.07, 6.45) is 0.591. The molecule has 206 valence electrons. The second-order valence-corrected chi connectivity index (χ2v) is 9.37. The van der Waals surface area contributed by atoms with Crippen molar-refractivity contribution >= 4 is 29.7 Å². The smallest absolute Gasteiger partial charge is 0.326 e. The second-order valence-electron chi connectivity index (χ2n) is 9.37. The highest BCUT2D eigenvalue weighted by Crippen LogP contribution is 2.13. The van der Waals surface area contributed by atoms with Gasteiger partial charge in [-0.15, -0.1) is 0 Å². The van der Waals surface area contributed by atoms with Gasteiger partial charge in [-0.25, -0.2) is 4.79 Å². The Labute approximate surface area is 217 Å². The summed E-state index contributed by atoms with van der Waals surface area (Å²) >= 11 is 0. The molecule has 0 saturated carbocycles. The molecular weight excluding hydrogens is 480 g/mol. The summed E-state index contributed by atoms with van der Waals surface area (Å²) in [5.74, 6) is -5.05. The van der Waals surface area contributed by atoms with Crippen molar-refractivity contribution < 1.29 is 34.2 Å². The lowest BCUT2D eigenvalue weighted by Crippen LogP contribution is -2.60. The Morgan fingerprint density at radius 3 is 1.76 bits per heavy atom. The van der Waals surface area contributed by atoms with Gasteiger partial charge in [0.1, 0.15) is 18.1 Å². The number of carbonyl (C=O) groups excluding carboxylic acids is 3. The summed E-state index contributed by atoms with van der Waals surface area (Å²) in [5, 5.41) is 26.0. The minimum absolute atomic E-state index is 0.282. The number of amides is 3. The number of nitrogens with two attached hydrogens (primary N) is 1. The van der Waals surface area contributed by atoms with Gasteiger partial charge < -0.3 is 31.9 Å². The zero-order valence-corrected chi connectivity index (χ0v) is 21.9. The molecule has 0 bridgehead atoms. The quantitative estimate of drug-likeness (QED) is 0.186. The van der Waals surface area contributed by atoms with E-state index in [0.717, 1.165) is 5.56 Å². The average molecular weight is 521 g/mol. The number of nitrogens with one attached hydrogen (secondary N) is 3. The number of carboxylic acid groups (broad SMARTS) is 2. The van der Waals surface area contributed by atoms with Crippen LogP contribution in [0.2, 0.25) is 0 Å². The molecule has 1 aromatic rings. The van der Waals surface area contributed by atoms with Crippen LogP contribution in [0, 0.1) is 11.8 Å².